The third-order valence-corrected chi connectivity index (χ3v) is 6.04. The minimum absolute atomic E-state index is 0.0156. The van der Waals surface area contributed by atoms with Crippen molar-refractivity contribution >= 4 is 31.9 Å². The zero-order chi connectivity index (χ0) is 15.6. The van der Waals surface area contributed by atoms with E-state index in [4.69, 9.17) is 11.0 Å². The minimum Gasteiger partial charge on any atom is -0.396 e. The summed E-state index contributed by atoms with van der Waals surface area (Å²) in [6.07, 6.45) is 3.36. The maximum Gasteiger partial charge on any atom is 0.183 e. The number of thiophene rings is 1. The maximum atomic E-state index is 12.2. The van der Waals surface area contributed by atoms with Crippen LogP contribution in [0.25, 0.3) is 0 Å². The van der Waals surface area contributed by atoms with Crippen LogP contribution in [-0.4, -0.2) is 24.4 Å². The van der Waals surface area contributed by atoms with Gasteiger partial charge in [0, 0.05) is 11.8 Å². The summed E-state index contributed by atoms with van der Waals surface area (Å²) in [6.45, 7) is 3.41. The highest BCUT2D eigenvalue weighted by molar-refractivity contribution is 7.91. The molecule has 9 heteroatoms. The molecule has 2 rings (SSSR count). The van der Waals surface area contributed by atoms with Gasteiger partial charge in [-0.25, -0.2) is 8.42 Å². The van der Waals surface area contributed by atoms with Crippen LogP contribution in [0.4, 0.5) is 10.7 Å². The Bertz CT molecular complexity index is 771. The summed E-state index contributed by atoms with van der Waals surface area (Å²) in [6, 6.07) is 1.76. The molecule has 1 atom stereocenters. The van der Waals surface area contributed by atoms with E-state index in [1.165, 1.54) is 0 Å². The number of sulfone groups is 1. The van der Waals surface area contributed by atoms with Gasteiger partial charge in [-0.2, -0.15) is 10.4 Å². The van der Waals surface area contributed by atoms with E-state index in [2.05, 4.69) is 15.5 Å². The molecule has 4 N–H and O–H groups in total. The first kappa shape index (κ1) is 15.3. The van der Waals surface area contributed by atoms with Crippen LogP contribution >= 0.6 is 11.3 Å². The first-order valence-corrected chi connectivity index (χ1v) is 8.68. The highest BCUT2D eigenvalue weighted by Crippen LogP contribution is 2.40. The van der Waals surface area contributed by atoms with Crippen molar-refractivity contribution in [3.8, 4) is 6.07 Å². The number of aromatic amines is 1. The summed E-state index contributed by atoms with van der Waals surface area (Å²) >= 11 is 1.05. The van der Waals surface area contributed by atoms with E-state index < -0.39 is 9.84 Å². The maximum absolute atomic E-state index is 12.2. The van der Waals surface area contributed by atoms with Crippen LogP contribution in [0.5, 0.6) is 0 Å². The molecule has 0 saturated carbocycles. The second-order valence-corrected chi connectivity index (χ2v) is 7.65. The van der Waals surface area contributed by atoms with Crippen molar-refractivity contribution in [1.29, 1.82) is 5.26 Å². The number of nitrogens with two attached hydrogens (primary N) is 1. The molecule has 1 unspecified atom stereocenters. The lowest BCUT2D eigenvalue weighted by Gasteiger charge is -2.13. The molecule has 0 radical (unpaired) electrons. The summed E-state index contributed by atoms with van der Waals surface area (Å²) in [5, 5.41) is 19.1. The van der Waals surface area contributed by atoms with Crippen molar-refractivity contribution in [2.45, 2.75) is 24.8 Å². The fraction of sp³-hybridized carbons (Fsp3) is 0.333. The van der Waals surface area contributed by atoms with E-state index in [0.29, 0.717) is 5.00 Å². The van der Waals surface area contributed by atoms with Crippen LogP contribution < -0.4 is 11.1 Å². The number of nitrogen functional groups attached to an aromatic ring is 1. The summed E-state index contributed by atoms with van der Waals surface area (Å²) in [7, 11) is -3.51. The molecule has 0 aliphatic carbocycles. The van der Waals surface area contributed by atoms with E-state index in [9.17, 15) is 8.42 Å². The molecule has 0 saturated heterocycles. The Morgan fingerprint density at radius 3 is 2.86 bits per heavy atom. The topological polar surface area (TPSA) is 125 Å². The lowest BCUT2D eigenvalue weighted by molar-refractivity contribution is 0.598. The third kappa shape index (κ3) is 2.86. The normalized spacial score (nSPS) is 12.8. The summed E-state index contributed by atoms with van der Waals surface area (Å²) in [5.74, 6) is -0.0758. The zero-order valence-corrected chi connectivity index (χ0v) is 13.2. The van der Waals surface area contributed by atoms with Gasteiger partial charge < -0.3 is 11.1 Å². The number of aromatic nitrogens is 2. The number of rotatable bonds is 5. The molecule has 0 amide bonds. The lowest BCUT2D eigenvalue weighted by atomic mass is 10.2. The molecule has 2 heterocycles. The molecule has 0 fully saturated rings. The quantitative estimate of drug-likeness (QED) is 0.771. The number of H-pyrrole nitrogens is 1. The molecule has 0 aromatic carbocycles. The molecule has 112 valence electrons. The number of nitrogens with zero attached hydrogens (tertiary/aromatic N) is 2. The Hall–Kier alpha value is -2.05. The Kier molecular flexibility index (Phi) is 4.20. The predicted molar refractivity (Wildman–Crippen MR) is 81.8 cm³/mol. The molecule has 0 aliphatic heterocycles. The predicted octanol–water partition coefficient (Wildman–Crippen LogP) is 1.89. The second-order valence-electron chi connectivity index (χ2n) is 4.42. The Balaban J connectivity index is 2.47. The van der Waals surface area contributed by atoms with Gasteiger partial charge in [0.25, 0.3) is 0 Å². The van der Waals surface area contributed by atoms with Crippen molar-refractivity contribution in [3.05, 3.63) is 22.8 Å². The van der Waals surface area contributed by atoms with Gasteiger partial charge in [0.2, 0.25) is 0 Å². The van der Waals surface area contributed by atoms with Crippen LogP contribution in [0, 0.1) is 11.3 Å². The average molecular weight is 325 g/mol. The number of anilines is 2. The number of nitrogens with one attached hydrogen (secondary N) is 2. The van der Waals surface area contributed by atoms with E-state index in [1.54, 1.807) is 19.3 Å². The number of hydrogen-bond acceptors (Lipinski definition) is 7. The van der Waals surface area contributed by atoms with Gasteiger partial charge >= 0.3 is 0 Å². The fourth-order valence-corrected chi connectivity index (χ4v) is 4.38. The molecular formula is C12H15N5O2S2. The largest absolute Gasteiger partial charge is 0.396 e. The Morgan fingerprint density at radius 1 is 1.62 bits per heavy atom. The van der Waals surface area contributed by atoms with Crippen molar-refractivity contribution in [2.24, 2.45) is 0 Å². The van der Waals surface area contributed by atoms with E-state index >= 15 is 0 Å². The summed E-state index contributed by atoms with van der Waals surface area (Å²) < 4.78 is 24.4. The van der Waals surface area contributed by atoms with Gasteiger partial charge in [-0.3, -0.25) is 5.10 Å². The molecule has 0 aliphatic rings. The lowest BCUT2D eigenvalue weighted by Crippen LogP contribution is -2.11. The van der Waals surface area contributed by atoms with Crippen molar-refractivity contribution < 1.29 is 8.42 Å². The number of nitriles is 1. The minimum atomic E-state index is -3.51. The molecular weight excluding hydrogens is 310 g/mol. The van der Waals surface area contributed by atoms with Crippen molar-refractivity contribution in [2.75, 3.05) is 16.8 Å². The van der Waals surface area contributed by atoms with Crippen LogP contribution in [0.1, 0.15) is 30.3 Å². The third-order valence-electron chi connectivity index (χ3n) is 3.06. The van der Waals surface area contributed by atoms with Gasteiger partial charge in [0.15, 0.2) is 9.84 Å². The number of hydrogen-bond donors (Lipinski definition) is 3. The molecule has 7 nitrogen and oxygen atoms in total. The Labute approximate surface area is 126 Å². The fourth-order valence-electron chi connectivity index (χ4n) is 1.84. The smallest absolute Gasteiger partial charge is 0.183 e. The van der Waals surface area contributed by atoms with Gasteiger partial charge in [-0.05, 0) is 6.92 Å². The van der Waals surface area contributed by atoms with Crippen LogP contribution in [0.2, 0.25) is 0 Å². The SMILES string of the molecule is CCS(=O)(=O)c1c(NC(C)c2cn[nH]c2)sc(C#N)c1N. The standard InChI is InChI=1S/C12H15N5O2S2/c1-3-21(18,19)11-10(14)9(4-13)20-12(11)17-7(2)8-5-15-16-6-8/h5-7,17H,3,14H2,1-2H3,(H,15,16). The zero-order valence-electron chi connectivity index (χ0n) is 11.5. The van der Waals surface area contributed by atoms with Crippen molar-refractivity contribution in [3.63, 3.8) is 0 Å². The van der Waals surface area contributed by atoms with Gasteiger partial charge in [-0.15, -0.1) is 11.3 Å². The molecule has 2 aromatic heterocycles. The van der Waals surface area contributed by atoms with E-state index in [1.807, 2.05) is 13.0 Å². The summed E-state index contributed by atoms with van der Waals surface area (Å²) in [5.41, 5.74) is 6.72. The highest BCUT2D eigenvalue weighted by Gasteiger charge is 2.27. The van der Waals surface area contributed by atoms with Gasteiger partial charge in [-0.1, -0.05) is 6.92 Å². The highest BCUT2D eigenvalue weighted by atomic mass is 32.2. The van der Waals surface area contributed by atoms with E-state index in [0.717, 1.165) is 16.9 Å². The van der Waals surface area contributed by atoms with Crippen molar-refractivity contribution in [1.82, 2.24) is 10.2 Å². The summed E-state index contributed by atoms with van der Waals surface area (Å²) in [4.78, 5) is 0.214. The van der Waals surface area contributed by atoms with E-state index in [-0.39, 0.29) is 27.3 Å². The molecule has 21 heavy (non-hydrogen) atoms. The Morgan fingerprint density at radius 2 is 2.33 bits per heavy atom. The average Bonchev–Trinajstić information content (AvgIpc) is 3.07. The molecule has 0 bridgehead atoms. The first-order valence-electron chi connectivity index (χ1n) is 6.21. The van der Waals surface area contributed by atoms with Gasteiger partial charge in [0.1, 0.15) is 20.8 Å². The second kappa shape index (κ2) is 5.75. The first-order chi connectivity index (χ1) is 9.90. The molecule has 2 aromatic rings. The van der Waals surface area contributed by atoms with Crippen LogP contribution in [0.15, 0.2) is 17.3 Å². The molecule has 0 spiro atoms. The van der Waals surface area contributed by atoms with Gasteiger partial charge in [0.05, 0.1) is 23.7 Å². The van der Waals surface area contributed by atoms with Crippen LogP contribution in [0.3, 0.4) is 0 Å². The monoisotopic (exact) mass is 325 g/mol. The van der Waals surface area contributed by atoms with Crippen LogP contribution in [-0.2, 0) is 9.84 Å².